The van der Waals surface area contributed by atoms with Crippen molar-refractivity contribution in [2.24, 2.45) is 0 Å². The molecule has 6 nitrogen and oxygen atoms in total. The van der Waals surface area contributed by atoms with Gasteiger partial charge >= 0.3 is 0 Å². The summed E-state index contributed by atoms with van der Waals surface area (Å²) in [4.78, 5) is 14.9. The van der Waals surface area contributed by atoms with Crippen LogP contribution in [0.4, 0.5) is 11.5 Å². The number of aromatic nitrogens is 4. The zero-order valence-electron chi connectivity index (χ0n) is 19.4. The highest BCUT2D eigenvalue weighted by Crippen LogP contribution is 2.33. The molecule has 0 radical (unpaired) electrons. The number of piperazine rings is 1. The van der Waals surface area contributed by atoms with E-state index in [-0.39, 0.29) is 0 Å². The Bertz CT molecular complexity index is 1290. The Balaban J connectivity index is 1.40. The molecular weight excluding hydrogens is 408 g/mol. The van der Waals surface area contributed by atoms with Crippen LogP contribution < -0.4 is 9.80 Å². The predicted molar refractivity (Wildman–Crippen MR) is 133 cm³/mol. The van der Waals surface area contributed by atoms with E-state index in [1.807, 2.05) is 22.7 Å². The first-order valence-corrected chi connectivity index (χ1v) is 12.1. The summed E-state index contributed by atoms with van der Waals surface area (Å²) in [7, 11) is 0. The lowest BCUT2D eigenvalue weighted by atomic mass is 9.95. The topological polar surface area (TPSA) is 49.6 Å². The van der Waals surface area contributed by atoms with Crippen molar-refractivity contribution < 1.29 is 0 Å². The Kier molecular flexibility index (Phi) is 5.01. The van der Waals surface area contributed by atoms with Crippen molar-refractivity contribution in [2.75, 3.05) is 29.4 Å². The summed E-state index contributed by atoms with van der Waals surface area (Å²) in [6.45, 7) is 7.41. The molecule has 0 saturated carbocycles. The van der Waals surface area contributed by atoms with Crippen molar-refractivity contribution in [1.82, 2.24) is 19.6 Å². The standard InChI is InChI=1S/C27H30N6/c1-19-9-8-12-22(17-19)32-16-15-31(18-20(32)2)26-23-13-6-7-14-24(23)28-27-29-25(30-33(26)27)21-10-4-3-5-11-21/h3-5,8-12,17,20H,6-7,13-16,18H2,1-2H3/t20-/m1/s1. The van der Waals surface area contributed by atoms with Crippen LogP contribution in [0.3, 0.4) is 0 Å². The number of anilines is 2. The van der Waals surface area contributed by atoms with Gasteiger partial charge in [-0.05, 0) is 57.2 Å². The molecule has 0 spiro atoms. The van der Waals surface area contributed by atoms with Gasteiger partial charge in [-0.25, -0.2) is 4.98 Å². The van der Waals surface area contributed by atoms with Crippen molar-refractivity contribution in [3.8, 4) is 11.4 Å². The molecule has 1 aliphatic carbocycles. The van der Waals surface area contributed by atoms with E-state index in [1.165, 1.54) is 41.2 Å². The zero-order valence-corrected chi connectivity index (χ0v) is 19.4. The summed E-state index contributed by atoms with van der Waals surface area (Å²) in [5.41, 5.74) is 6.24. The van der Waals surface area contributed by atoms with Gasteiger partial charge in [-0.1, -0.05) is 42.5 Å². The van der Waals surface area contributed by atoms with Gasteiger partial charge in [-0.3, -0.25) is 0 Å². The van der Waals surface area contributed by atoms with Gasteiger partial charge in [0.1, 0.15) is 5.82 Å². The fraction of sp³-hybridized carbons (Fsp3) is 0.370. The lowest BCUT2D eigenvalue weighted by molar-refractivity contribution is 0.538. The molecule has 6 heteroatoms. The highest BCUT2D eigenvalue weighted by Gasteiger charge is 2.30. The zero-order chi connectivity index (χ0) is 22.4. The fourth-order valence-electron chi connectivity index (χ4n) is 5.40. The van der Waals surface area contributed by atoms with E-state index < -0.39 is 0 Å². The summed E-state index contributed by atoms with van der Waals surface area (Å²) < 4.78 is 2.02. The van der Waals surface area contributed by atoms with E-state index in [2.05, 4.69) is 60.0 Å². The van der Waals surface area contributed by atoms with Crippen LogP contribution in [0.5, 0.6) is 0 Å². The molecule has 1 aliphatic heterocycles. The number of fused-ring (bicyclic) bond motifs is 2. The van der Waals surface area contributed by atoms with E-state index in [0.29, 0.717) is 6.04 Å². The molecule has 33 heavy (non-hydrogen) atoms. The second-order valence-corrected chi connectivity index (χ2v) is 9.41. The lowest BCUT2D eigenvalue weighted by Gasteiger charge is -2.43. The second-order valence-electron chi connectivity index (χ2n) is 9.41. The number of hydrogen-bond donors (Lipinski definition) is 0. The molecule has 0 amide bonds. The highest BCUT2D eigenvalue weighted by atomic mass is 15.4. The van der Waals surface area contributed by atoms with Crippen LogP contribution >= 0.6 is 0 Å². The molecule has 168 valence electrons. The van der Waals surface area contributed by atoms with Gasteiger partial charge in [-0.2, -0.15) is 9.50 Å². The van der Waals surface area contributed by atoms with E-state index in [1.54, 1.807) is 0 Å². The summed E-state index contributed by atoms with van der Waals surface area (Å²) >= 11 is 0. The van der Waals surface area contributed by atoms with Crippen LogP contribution in [0.25, 0.3) is 17.2 Å². The van der Waals surface area contributed by atoms with E-state index in [0.717, 1.165) is 49.6 Å². The summed E-state index contributed by atoms with van der Waals surface area (Å²) in [6.07, 6.45) is 4.52. The van der Waals surface area contributed by atoms with Crippen LogP contribution in [0, 0.1) is 6.92 Å². The number of aryl methyl sites for hydroxylation is 2. The quantitative estimate of drug-likeness (QED) is 0.464. The molecule has 2 aliphatic rings. The molecule has 2 aromatic heterocycles. The van der Waals surface area contributed by atoms with Crippen molar-refractivity contribution in [1.29, 1.82) is 0 Å². The largest absolute Gasteiger partial charge is 0.365 e. The summed E-state index contributed by atoms with van der Waals surface area (Å²) in [5, 5.41) is 4.97. The molecule has 2 aromatic carbocycles. The molecule has 1 saturated heterocycles. The van der Waals surface area contributed by atoms with E-state index in [9.17, 15) is 0 Å². The average molecular weight is 439 g/mol. The molecule has 6 rings (SSSR count). The molecule has 0 unspecified atom stereocenters. The van der Waals surface area contributed by atoms with Crippen molar-refractivity contribution >= 4 is 17.3 Å². The SMILES string of the molecule is Cc1cccc(N2CCN(c3c4c(nc5nc(-c6ccccc6)nn35)CCCC4)C[C@H]2C)c1. The van der Waals surface area contributed by atoms with Gasteiger partial charge < -0.3 is 9.80 Å². The first kappa shape index (κ1) is 20.2. The highest BCUT2D eigenvalue weighted by molar-refractivity contribution is 5.62. The van der Waals surface area contributed by atoms with Crippen LogP contribution in [-0.4, -0.2) is 45.3 Å². The molecule has 0 N–H and O–H groups in total. The summed E-state index contributed by atoms with van der Waals surface area (Å²) in [5.74, 6) is 2.68. The van der Waals surface area contributed by atoms with Crippen molar-refractivity contribution in [2.45, 2.75) is 45.6 Å². The number of hydrogen-bond acceptors (Lipinski definition) is 5. The Labute approximate surface area is 194 Å². The van der Waals surface area contributed by atoms with Gasteiger partial charge in [0.2, 0.25) is 0 Å². The van der Waals surface area contributed by atoms with Crippen molar-refractivity contribution in [3.05, 3.63) is 71.4 Å². The van der Waals surface area contributed by atoms with Crippen LogP contribution in [0.2, 0.25) is 0 Å². The van der Waals surface area contributed by atoms with E-state index in [4.69, 9.17) is 15.1 Å². The maximum Gasteiger partial charge on any atom is 0.254 e. The molecular formula is C27H30N6. The number of nitrogens with zero attached hydrogens (tertiary/aromatic N) is 6. The Hall–Kier alpha value is -3.41. The smallest absolute Gasteiger partial charge is 0.254 e. The third-order valence-electron chi connectivity index (χ3n) is 7.03. The fourth-order valence-corrected chi connectivity index (χ4v) is 5.40. The normalized spacial score (nSPS) is 18.5. The van der Waals surface area contributed by atoms with Crippen molar-refractivity contribution in [3.63, 3.8) is 0 Å². The number of benzene rings is 2. The maximum atomic E-state index is 4.97. The molecule has 1 atom stereocenters. The summed E-state index contributed by atoms with van der Waals surface area (Å²) in [6, 6.07) is 19.5. The minimum Gasteiger partial charge on any atom is -0.365 e. The minimum atomic E-state index is 0.403. The van der Waals surface area contributed by atoms with Crippen LogP contribution in [-0.2, 0) is 12.8 Å². The molecule has 3 heterocycles. The molecule has 4 aromatic rings. The number of rotatable bonds is 3. The average Bonchev–Trinajstić information content (AvgIpc) is 3.26. The molecule has 1 fully saturated rings. The maximum absolute atomic E-state index is 4.97. The van der Waals surface area contributed by atoms with Gasteiger partial charge in [0, 0.05) is 42.5 Å². The van der Waals surface area contributed by atoms with Crippen LogP contribution in [0.15, 0.2) is 54.6 Å². The van der Waals surface area contributed by atoms with Crippen LogP contribution in [0.1, 0.15) is 36.6 Å². The van der Waals surface area contributed by atoms with E-state index >= 15 is 0 Å². The Morgan fingerprint density at radius 3 is 2.58 bits per heavy atom. The first-order chi connectivity index (χ1) is 16.2. The first-order valence-electron chi connectivity index (χ1n) is 12.1. The van der Waals surface area contributed by atoms with Gasteiger partial charge in [0.15, 0.2) is 5.82 Å². The minimum absolute atomic E-state index is 0.403. The molecule has 0 bridgehead atoms. The predicted octanol–water partition coefficient (Wildman–Crippen LogP) is 4.69. The van der Waals surface area contributed by atoms with Gasteiger partial charge in [-0.15, -0.1) is 5.10 Å². The third-order valence-corrected chi connectivity index (χ3v) is 7.03. The third kappa shape index (κ3) is 3.63. The Morgan fingerprint density at radius 2 is 1.76 bits per heavy atom. The second kappa shape index (κ2) is 8.18. The Morgan fingerprint density at radius 1 is 0.909 bits per heavy atom. The van der Waals surface area contributed by atoms with Gasteiger partial charge in [0.25, 0.3) is 5.78 Å². The monoisotopic (exact) mass is 438 g/mol. The lowest BCUT2D eigenvalue weighted by Crippen LogP contribution is -2.53. The van der Waals surface area contributed by atoms with Gasteiger partial charge in [0.05, 0.1) is 5.69 Å².